The number of rotatable bonds is 5. The van der Waals surface area contributed by atoms with E-state index < -0.39 is 0 Å². The van der Waals surface area contributed by atoms with Crippen LogP contribution in [0.25, 0.3) is 0 Å². The molecule has 0 fully saturated rings. The van der Waals surface area contributed by atoms with Gasteiger partial charge in [0.25, 0.3) is 11.8 Å². The van der Waals surface area contributed by atoms with Crippen molar-refractivity contribution in [1.82, 2.24) is 14.9 Å². The van der Waals surface area contributed by atoms with Gasteiger partial charge < -0.3 is 15.2 Å². The number of fused-ring (bicyclic) bond motifs is 1. The molecule has 2 amide bonds. The predicted octanol–water partition coefficient (Wildman–Crippen LogP) is 3.26. The third-order valence-corrected chi connectivity index (χ3v) is 4.43. The van der Waals surface area contributed by atoms with Gasteiger partial charge in [-0.2, -0.15) is 0 Å². The van der Waals surface area contributed by atoms with Gasteiger partial charge in [-0.15, -0.1) is 0 Å². The van der Waals surface area contributed by atoms with Crippen molar-refractivity contribution < 1.29 is 9.59 Å². The summed E-state index contributed by atoms with van der Waals surface area (Å²) < 4.78 is 1.88. The van der Waals surface area contributed by atoms with Crippen LogP contribution < -0.4 is 10.6 Å². The summed E-state index contributed by atoms with van der Waals surface area (Å²) in [6, 6.07) is 6.89. The van der Waals surface area contributed by atoms with E-state index >= 15 is 0 Å². The molecule has 0 unspecified atom stereocenters. The molecule has 1 aliphatic rings. The average Bonchev–Trinajstić information content (AvgIpc) is 3.01. The molecule has 0 radical (unpaired) electrons. The van der Waals surface area contributed by atoms with Crippen molar-refractivity contribution in [3.05, 3.63) is 46.5 Å². The molecular formula is C18H21ClN4O2. The van der Waals surface area contributed by atoms with Gasteiger partial charge in [0.05, 0.1) is 5.69 Å². The fraction of sp³-hybridized carbons (Fsp3) is 0.389. The normalized spacial score (nSPS) is 13.2. The van der Waals surface area contributed by atoms with Gasteiger partial charge in [0.2, 0.25) is 0 Å². The number of imidazole rings is 1. The second-order valence-electron chi connectivity index (χ2n) is 6.06. The van der Waals surface area contributed by atoms with Crippen LogP contribution in [0.3, 0.4) is 0 Å². The smallest absolute Gasteiger partial charge is 0.287 e. The predicted molar refractivity (Wildman–Crippen MR) is 97.2 cm³/mol. The van der Waals surface area contributed by atoms with Gasteiger partial charge in [-0.25, -0.2) is 4.98 Å². The van der Waals surface area contributed by atoms with Crippen molar-refractivity contribution in [3.8, 4) is 0 Å². The van der Waals surface area contributed by atoms with Crippen LogP contribution in [0.4, 0.5) is 5.69 Å². The van der Waals surface area contributed by atoms with E-state index in [1.54, 1.807) is 24.3 Å². The van der Waals surface area contributed by atoms with Crippen molar-refractivity contribution >= 4 is 29.1 Å². The Bertz CT molecular complexity index is 783. The molecule has 132 valence electrons. The van der Waals surface area contributed by atoms with Gasteiger partial charge in [0, 0.05) is 23.8 Å². The van der Waals surface area contributed by atoms with E-state index in [0.29, 0.717) is 35.3 Å². The second kappa shape index (κ2) is 7.70. The molecule has 0 atom stereocenters. The lowest BCUT2D eigenvalue weighted by molar-refractivity contribution is 0.0937. The molecule has 0 aliphatic carbocycles. The lowest BCUT2D eigenvalue weighted by Crippen LogP contribution is -2.28. The quantitative estimate of drug-likeness (QED) is 0.859. The lowest BCUT2D eigenvalue weighted by atomic mass is 10.1. The molecule has 7 heteroatoms. The molecule has 6 nitrogen and oxygen atoms in total. The Hall–Kier alpha value is -2.34. The van der Waals surface area contributed by atoms with Crippen LogP contribution in [0.5, 0.6) is 0 Å². The molecule has 2 N–H and O–H groups in total. The van der Waals surface area contributed by atoms with E-state index in [0.717, 1.165) is 31.4 Å². The number of amides is 2. The van der Waals surface area contributed by atoms with Crippen LogP contribution in [0.15, 0.2) is 24.3 Å². The summed E-state index contributed by atoms with van der Waals surface area (Å²) in [7, 11) is 0. The Labute approximate surface area is 151 Å². The maximum atomic E-state index is 12.7. The van der Waals surface area contributed by atoms with E-state index in [1.165, 1.54) is 0 Å². The Morgan fingerprint density at radius 3 is 2.68 bits per heavy atom. The fourth-order valence-electron chi connectivity index (χ4n) is 2.94. The van der Waals surface area contributed by atoms with Gasteiger partial charge in [-0.3, -0.25) is 9.59 Å². The molecule has 25 heavy (non-hydrogen) atoms. The molecule has 0 spiro atoms. The highest BCUT2D eigenvalue weighted by Gasteiger charge is 2.27. The molecule has 3 rings (SSSR count). The summed E-state index contributed by atoms with van der Waals surface area (Å²) in [6.45, 7) is 3.30. The van der Waals surface area contributed by atoms with Gasteiger partial charge >= 0.3 is 0 Å². The van der Waals surface area contributed by atoms with Crippen molar-refractivity contribution in [2.24, 2.45) is 0 Å². The van der Waals surface area contributed by atoms with E-state index in [1.807, 2.05) is 11.5 Å². The summed E-state index contributed by atoms with van der Waals surface area (Å²) in [5.41, 5.74) is 1.81. The van der Waals surface area contributed by atoms with Gasteiger partial charge in [-0.1, -0.05) is 18.5 Å². The standard InChI is InChI=1S/C18H21ClN4O2/c1-2-10-20-18(25)16-22-15(14-5-3-4-11-23(14)16)17(24)21-13-8-6-12(19)7-9-13/h6-9H,2-5,10-11H2,1H3,(H,20,25)(H,21,24). The number of halogens is 1. The van der Waals surface area contributed by atoms with E-state index in [4.69, 9.17) is 11.6 Å². The maximum absolute atomic E-state index is 12.7. The first kappa shape index (κ1) is 17.5. The van der Waals surface area contributed by atoms with Gasteiger partial charge in [0.1, 0.15) is 0 Å². The third-order valence-electron chi connectivity index (χ3n) is 4.17. The van der Waals surface area contributed by atoms with Gasteiger partial charge in [-0.05, 0) is 49.9 Å². The van der Waals surface area contributed by atoms with Gasteiger partial charge in [0.15, 0.2) is 11.5 Å². The van der Waals surface area contributed by atoms with E-state index in [-0.39, 0.29) is 11.8 Å². The highest BCUT2D eigenvalue weighted by atomic mass is 35.5. The monoisotopic (exact) mass is 360 g/mol. The highest BCUT2D eigenvalue weighted by Crippen LogP contribution is 2.22. The first-order valence-corrected chi connectivity index (χ1v) is 8.92. The minimum absolute atomic E-state index is 0.226. The largest absolute Gasteiger partial charge is 0.349 e. The number of nitrogens with one attached hydrogen (secondary N) is 2. The molecule has 0 bridgehead atoms. The molecule has 1 aromatic carbocycles. The number of benzene rings is 1. The molecule has 1 aliphatic heterocycles. The van der Waals surface area contributed by atoms with Crippen LogP contribution in [0, 0.1) is 0 Å². The number of carbonyl (C=O) groups excluding carboxylic acids is 2. The van der Waals surface area contributed by atoms with E-state index in [2.05, 4.69) is 15.6 Å². The van der Waals surface area contributed by atoms with Crippen LogP contribution in [-0.2, 0) is 13.0 Å². The average molecular weight is 361 g/mol. The SMILES string of the molecule is CCCNC(=O)c1nc(C(=O)Nc2ccc(Cl)cc2)c2n1CCCC2. The van der Waals surface area contributed by atoms with Crippen molar-refractivity contribution in [1.29, 1.82) is 0 Å². The molecule has 2 heterocycles. The summed E-state index contributed by atoms with van der Waals surface area (Å²) in [5.74, 6) is -0.206. The number of carbonyl (C=O) groups is 2. The van der Waals surface area contributed by atoms with Crippen LogP contribution in [0.1, 0.15) is 53.0 Å². The topological polar surface area (TPSA) is 76.0 Å². The Morgan fingerprint density at radius 1 is 1.20 bits per heavy atom. The van der Waals surface area contributed by atoms with Crippen molar-refractivity contribution in [3.63, 3.8) is 0 Å². The van der Waals surface area contributed by atoms with E-state index in [9.17, 15) is 9.59 Å². The fourth-order valence-corrected chi connectivity index (χ4v) is 3.07. The van der Waals surface area contributed by atoms with Crippen LogP contribution in [-0.4, -0.2) is 27.9 Å². The zero-order valence-electron chi connectivity index (χ0n) is 14.1. The number of nitrogens with zero attached hydrogens (tertiary/aromatic N) is 2. The number of hydrogen-bond donors (Lipinski definition) is 2. The summed E-state index contributed by atoms with van der Waals surface area (Å²) >= 11 is 5.87. The number of anilines is 1. The second-order valence-corrected chi connectivity index (χ2v) is 6.49. The number of aromatic nitrogens is 2. The summed E-state index contributed by atoms with van der Waals surface area (Å²) in [4.78, 5) is 29.4. The maximum Gasteiger partial charge on any atom is 0.287 e. The Kier molecular flexibility index (Phi) is 5.38. The minimum Gasteiger partial charge on any atom is -0.349 e. The molecule has 0 saturated heterocycles. The number of hydrogen-bond acceptors (Lipinski definition) is 3. The minimum atomic E-state index is -0.303. The first-order valence-electron chi connectivity index (χ1n) is 8.54. The zero-order chi connectivity index (χ0) is 17.8. The zero-order valence-corrected chi connectivity index (χ0v) is 14.9. The summed E-state index contributed by atoms with van der Waals surface area (Å²) in [5, 5.41) is 6.27. The molecular weight excluding hydrogens is 340 g/mol. The first-order chi connectivity index (χ1) is 12.1. The molecule has 0 saturated carbocycles. The Morgan fingerprint density at radius 2 is 1.96 bits per heavy atom. The lowest BCUT2D eigenvalue weighted by Gasteiger charge is -2.17. The van der Waals surface area contributed by atoms with Crippen LogP contribution in [0.2, 0.25) is 5.02 Å². The highest BCUT2D eigenvalue weighted by molar-refractivity contribution is 6.30. The Balaban J connectivity index is 1.87. The van der Waals surface area contributed by atoms with Crippen molar-refractivity contribution in [2.75, 3.05) is 11.9 Å². The third kappa shape index (κ3) is 3.85. The molecule has 2 aromatic rings. The molecule has 1 aromatic heterocycles. The van der Waals surface area contributed by atoms with Crippen molar-refractivity contribution in [2.45, 2.75) is 39.2 Å². The van der Waals surface area contributed by atoms with Crippen LogP contribution >= 0.6 is 11.6 Å². The summed E-state index contributed by atoms with van der Waals surface area (Å²) in [6.07, 6.45) is 3.57.